The first-order valence-corrected chi connectivity index (χ1v) is 11.1. The number of aliphatic carboxylic acids is 2. The molecule has 2 atom stereocenters. The van der Waals surface area contributed by atoms with E-state index in [2.05, 4.69) is 6.92 Å². The van der Waals surface area contributed by atoms with Crippen LogP contribution in [0.1, 0.15) is 117 Å². The number of nitrogens with one attached hydrogen (secondary N) is 2. The molecular formula is C22H44N2O4Pt. The first-order valence-electron chi connectivity index (χ1n) is 11.1. The minimum absolute atomic E-state index is 0. The van der Waals surface area contributed by atoms with Crippen LogP contribution in [0, 0.1) is 0 Å². The summed E-state index contributed by atoms with van der Waals surface area (Å²) in [6, 6.07) is -0.160. The molecule has 0 heterocycles. The molecule has 0 aromatic rings. The van der Waals surface area contributed by atoms with E-state index in [-0.39, 0.29) is 33.1 Å². The Hall–Kier alpha value is -0.452. The number of carbonyl (C=O) groups is 2. The number of rotatable bonds is 12. The Labute approximate surface area is 192 Å². The zero-order valence-corrected chi connectivity index (χ0v) is 20.8. The van der Waals surface area contributed by atoms with Gasteiger partial charge in [0, 0.05) is 13.3 Å². The summed E-state index contributed by atoms with van der Waals surface area (Å²) in [5.41, 5.74) is 14.6. The molecule has 0 aliphatic heterocycles. The first kappa shape index (κ1) is 33.2. The maximum absolute atomic E-state index is 10.3. The summed E-state index contributed by atoms with van der Waals surface area (Å²) in [4.78, 5) is 19.3. The van der Waals surface area contributed by atoms with E-state index in [1.165, 1.54) is 70.6 Å². The summed E-state index contributed by atoms with van der Waals surface area (Å²) in [6.45, 7) is 3.33. The van der Waals surface area contributed by atoms with Gasteiger partial charge in [-0.05, 0) is 6.42 Å². The summed E-state index contributed by atoms with van der Waals surface area (Å²) in [5.74, 6) is -1.49. The average molecular weight is 596 g/mol. The number of hydrogen-bond acceptors (Lipinski definition) is 2. The largest absolute Gasteiger partial charge is 2.00 e. The van der Waals surface area contributed by atoms with Crippen LogP contribution in [-0.4, -0.2) is 34.2 Å². The van der Waals surface area contributed by atoms with Crippen molar-refractivity contribution in [3.05, 3.63) is 11.5 Å². The molecule has 4 N–H and O–H groups in total. The van der Waals surface area contributed by atoms with Gasteiger partial charge < -0.3 is 21.7 Å². The molecular weight excluding hydrogens is 551 g/mol. The normalized spacial score (nSPS) is 17.7. The van der Waals surface area contributed by atoms with Crippen molar-refractivity contribution in [1.29, 1.82) is 0 Å². The molecule has 1 fully saturated rings. The standard InChI is InChI=1S/C14H28O2.C6H12N2.C2H4O2.Pt/c1-2-3-4-5-6-7-8-9-10-11-12-13-14(15)16;7-5-3-1-2-4-6(5)8;1-2(3)4;/h2-13H2,1H3,(H,15,16);5-8H,1-4H2;1H3,(H,3,4);/q;-2;;+2/t;5-,6-;;/m.1../s1. The van der Waals surface area contributed by atoms with Gasteiger partial charge in [0.05, 0.1) is 0 Å². The fourth-order valence-corrected chi connectivity index (χ4v) is 3.07. The number of hydrogen-bond donors (Lipinski definition) is 2. The molecule has 1 rings (SSSR count). The van der Waals surface area contributed by atoms with Crippen molar-refractivity contribution in [2.24, 2.45) is 0 Å². The van der Waals surface area contributed by atoms with Gasteiger partial charge in [0.25, 0.3) is 5.97 Å². The van der Waals surface area contributed by atoms with Crippen LogP contribution in [0.2, 0.25) is 0 Å². The summed E-state index contributed by atoms with van der Waals surface area (Å²) in [7, 11) is 0. The third-order valence-corrected chi connectivity index (χ3v) is 4.76. The second kappa shape index (κ2) is 25.6. The van der Waals surface area contributed by atoms with Gasteiger partial charge >= 0.3 is 27.0 Å². The van der Waals surface area contributed by atoms with Gasteiger partial charge in [-0.3, -0.25) is 9.59 Å². The van der Waals surface area contributed by atoms with Crippen LogP contribution in [0.4, 0.5) is 0 Å². The van der Waals surface area contributed by atoms with Crippen LogP contribution in [0.25, 0.3) is 11.5 Å². The maximum Gasteiger partial charge on any atom is 2.00 e. The van der Waals surface area contributed by atoms with E-state index in [9.17, 15) is 4.79 Å². The van der Waals surface area contributed by atoms with Gasteiger partial charge in [0.1, 0.15) is 0 Å². The topological polar surface area (TPSA) is 122 Å². The number of carboxylic acids is 2. The molecule has 0 aromatic heterocycles. The predicted molar refractivity (Wildman–Crippen MR) is 117 cm³/mol. The molecule has 0 bridgehead atoms. The van der Waals surface area contributed by atoms with Crippen molar-refractivity contribution in [2.45, 2.75) is 129 Å². The van der Waals surface area contributed by atoms with Crippen molar-refractivity contribution < 1.29 is 40.9 Å². The van der Waals surface area contributed by atoms with Crippen molar-refractivity contribution in [3.8, 4) is 0 Å². The Morgan fingerprint density at radius 1 is 0.759 bits per heavy atom. The summed E-state index contributed by atoms with van der Waals surface area (Å²) >= 11 is 0. The summed E-state index contributed by atoms with van der Waals surface area (Å²) < 4.78 is 0. The molecule has 7 heteroatoms. The van der Waals surface area contributed by atoms with E-state index >= 15 is 0 Å². The van der Waals surface area contributed by atoms with E-state index in [4.69, 9.17) is 26.5 Å². The maximum atomic E-state index is 10.3. The average Bonchev–Trinajstić information content (AvgIpc) is 2.62. The Balaban J connectivity index is -0.000000430. The molecule has 1 saturated carbocycles. The van der Waals surface area contributed by atoms with Crippen LogP contribution >= 0.6 is 0 Å². The summed E-state index contributed by atoms with van der Waals surface area (Å²) in [5, 5.41) is 15.9. The van der Waals surface area contributed by atoms with Crippen molar-refractivity contribution in [3.63, 3.8) is 0 Å². The molecule has 0 spiro atoms. The fourth-order valence-electron chi connectivity index (χ4n) is 3.07. The Morgan fingerprint density at radius 3 is 1.34 bits per heavy atom. The molecule has 0 amide bonds. The van der Waals surface area contributed by atoms with E-state index in [0.29, 0.717) is 6.42 Å². The second-order valence-corrected chi connectivity index (χ2v) is 7.70. The zero-order chi connectivity index (χ0) is 21.6. The first-order chi connectivity index (χ1) is 13.3. The molecule has 176 valence electrons. The van der Waals surface area contributed by atoms with Crippen molar-refractivity contribution in [1.82, 2.24) is 0 Å². The summed E-state index contributed by atoms with van der Waals surface area (Å²) in [6.07, 6.45) is 18.6. The molecule has 1 aliphatic carbocycles. The second-order valence-electron chi connectivity index (χ2n) is 7.70. The molecule has 0 saturated heterocycles. The number of carboxylic acid groups (broad SMARTS) is 2. The Morgan fingerprint density at radius 2 is 1.07 bits per heavy atom. The number of unbranched alkanes of at least 4 members (excludes halogenated alkanes) is 10. The van der Waals surface area contributed by atoms with Crippen LogP contribution in [0.3, 0.4) is 0 Å². The van der Waals surface area contributed by atoms with Gasteiger partial charge in [-0.2, -0.15) is 12.1 Å². The van der Waals surface area contributed by atoms with Gasteiger partial charge in [0.2, 0.25) is 0 Å². The molecule has 0 radical (unpaired) electrons. The molecule has 29 heavy (non-hydrogen) atoms. The minimum Gasteiger partial charge on any atom is -0.676 e. The smallest absolute Gasteiger partial charge is 0.676 e. The monoisotopic (exact) mass is 595 g/mol. The van der Waals surface area contributed by atoms with Gasteiger partial charge in [-0.15, -0.1) is 0 Å². The molecule has 0 unspecified atom stereocenters. The van der Waals surface area contributed by atoms with Crippen LogP contribution in [0.15, 0.2) is 0 Å². The quantitative estimate of drug-likeness (QED) is 0.231. The van der Waals surface area contributed by atoms with Crippen LogP contribution in [0.5, 0.6) is 0 Å². The van der Waals surface area contributed by atoms with Crippen molar-refractivity contribution in [2.75, 3.05) is 0 Å². The van der Waals surface area contributed by atoms with E-state index in [1.54, 1.807) is 0 Å². The predicted octanol–water partition coefficient (Wildman–Crippen LogP) is 7.26. The third kappa shape index (κ3) is 32.4. The van der Waals surface area contributed by atoms with E-state index in [1.807, 2.05) is 0 Å². The Kier molecular flexibility index (Phi) is 29.3. The Bertz CT molecular complexity index is 357. The zero-order valence-electron chi connectivity index (χ0n) is 18.5. The van der Waals surface area contributed by atoms with Crippen LogP contribution < -0.4 is 0 Å². The molecule has 1 aliphatic rings. The van der Waals surface area contributed by atoms with E-state index < -0.39 is 11.9 Å². The van der Waals surface area contributed by atoms with Gasteiger partial charge in [-0.1, -0.05) is 96.8 Å². The van der Waals surface area contributed by atoms with Crippen molar-refractivity contribution >= 4 is 11.9 Å². The molecule has 6 nitrogen and oxygen atoms in total. The molecule has 0 aromatic carbocycles. The third-order valence-electron chi connectivity index (χ3n) is 4.76. The fraction of sp³-hybridized carbons (Fsp3) is 0.909. The minimum atomic E-state index is -0.833. The SMILES string of the molecule is CC(=O)O.CCCCCCCCCCCCCC(=O)O.[NH-][C@@H]1CCCC[C@H]1[NH-].[Pt+2]. The van der Waals surface area contributed by atoms with Gasteiger partial charge in [-0.25, -0.2) is 0 Å². The van der Waals surface area contributed by atoms with Gasteiger partial charge in [0.15, 0.2) is 0 Å². The van der Waals surface area contributed by atoms with E-state index in [0.717, 1.165) is 32.6 Å². The van der Waals surface area contributed by atoms with Crippen LogP contribution in [-0.2, 0) is 30.7 Å².